The fourth-order valence-corrected chi connectivity index (χ4v) is 1.69. The van der Waals surface area contributed by atoms with Gasteiger partial charge in [-0.1, -0.05) is 5.16 Å². The molecule has 10 heavy (non-hydrogen) atoms. The minimum absolute atomic E-state index is 0.352. The van der Waals surface area contributed by atoms with Gasteiger partial charge in [-0.05, 0) is 14.0 Å². The molecular formula is C7H12N2O. The first-order valence-electron chi connectivity index (χ1n) is 3.66. The Morgan fingerprint density at radius 2 is 2.40 bits per heavy atom. The lowest BCUT2D eigenvalue weighted by Gasteiger charge is -2.05. The highest BCUT2D eigenvalue weighted by molar-refractivity contribution is 5.86. The van der Waals surface area contributed by atoms with E-state index in [9.17, 15) is 0 Å². The van der Waals surface area contributed by atoms with E-state index in [1.807, 2.05) is 6.92 Å². The van der Waals surface area contributed by atoms with Gasteiger partial charge in [0.15, 0.2) is 0 Å². The zero-order valence-corrected chi connectivity index (χ0v) is 6.37. The average Bonchev–Trinajstić information content (AvgIpc) is 2.35. The van der Waals surface area contributed by atoms with Crippen LogP contribution in [0, 0.1) is 5.92 Å². The SMILES string of the molecule is CC1=NO[C@H]2CN(C)C[C@@H]12. The van der Waals surface area contributed by atoms with Crippen molar-refractivity contribution in [3.63, 3.8) is 0 Å². The molecule has 2 heterocycles. The summed E-state index contributed by atoms with van der Waals surface area (Å²) in [5, 5.41) is 3.95. The van der Waals surface area contributed by atoms with Crippen LogP contribution in [0.2, 0.25) is 0 Å². The van der Waals surface area contributed by atoms with Crippen molar-refractivity contribution in [3.05, 3.63) is 0 Å². The second-order valence-corrected chi connectivity index (χ2v) is 3.20. The summed E-state index contributed by atoms with van der Waals surface area (Å²) in [6, 6.07) is 0. The van der Waals surface area contributed by atoms with Gasteiger partial charge in [0.25, 0.3) is 0 Å². The predicted octanol–water partition coefficient (Wildman–Crippen LogP) is 0.323. The highest BCUT2D eigenvalue weighted by atomic mass is 16.6. The van der Waals surface area contributed by atoms with Crippen LogP contribution in [-0.4, -0.2) is 36.9 Å². The Balaban J connectivity index is 2.13. The highest BCUT2D eigenvalue weighted by Gasteiger charge is 2.38. The summed E-state index contributed by atoms with van der Waals surface area (Å²) < 4.78 is 0. The number of likely N-dealkylation sites (N-methyl/N-ethyl adjacent to an activating group) is 1. The third-order valence-electron chi connectivity index (χ3n) is 2.32. The molecule has 56 valence electrons. The Hall–Kier alpha value is -0.570. The Morgan fingerprint density at radius 3 is 3.10 bits per heavy atom. The van der Waals surface area contributed by atoms with E-state index in [1.165, 1.54) is 0 Å². The fourth-order valence-electron chi connectivity index (χ4n) is 1.69. The van der Waals surface area contributed by atoms with Crippen molar-refractivity contribution in [1.29, 1.82) is 0 Å². The fraction of sp³-hybridized carbons (Fsp3) is 0.857. The van der Waals surface area contributed by atoms with Gasteiger partial charge in [-0.15, -0.1) is 0 Å². The number of oxime groups is 1. The van der Waals surface area contributed by atoms with E-state index in [0.29, 0.717) is 12.0 Å². The molecule has 2 rings (SSSR count). The number of hydrogen-bond acceptors (Lipinski definition) is 3. The van der Waals surface area contributed by atoms with Gasteiger partial charge in [-0.25, -0.2) is 0 Å². The monoisotopic (exact) mass is 140 g/mol. The van der Waals surface area contributed by atoms with E-state index in [-0.39, 0.29) is 0 Å². The average molecular weight is 140 g/mol. The molecule has 0 saturated carbocycles. The number of likely N-dealkylation sites (tertiary alicyclic amines) is 1. The molecule has 2 aliphatic heterocycles. The summed E-state index contributed by atoms with van der Waals surface area (Å²) in [6.45, 7) is 4.19. The minimum Gasteiger partial charge on any atom is -0.390 e. The van der Waals surface area contributed by atoms with Gasteiger partial charge in [0.1, 0.15) is 6.10 Å². The third-order valence-corrected chi connectivity index (χ3v) is 2.32. The molecule has 0 spiro atoms. The first kappa shape index (κ1) is 6.16. The molecule has 0 bridgehead atoms. The summed E-state index contributed by atoms with van der Waals surface area (Å²) in [7, 11) is 2.12. The van der Waals surface area contributed by atoms with Crippen LogP contribution in [0.25, 0.3) is 0 Å². The topological polar surface area (TPSA) is 24.8 Å². The van der Waals surface area contributed by atoms with Crippen LogP contribution in [-0.2, 0) is 4.84 Å². The van der Waals surface area contributed by atoms with Gasteiger partial charge >= 0.3 is 0 Å². The van der Waals surface area contributed by atoms with Gasteiger partial charge in [-0.3, -0.25) is 0 Å². The van der Waals surface area contributed by atoms with Crippen LogP contribution in [0.3, 0.4) is 0 Å². The van der Waals surface area contributed by atoms with Gasteiger partial charge in [0, 0.05) is 13.1 Å². The second-order valence-electron chi connectivity index (χ2n) is 3.20. The Bertz CT molecular complexity index is 178. The van der Waals surface area contributed by atoms with Crippen molar-refractivity contribution in [3.8, 4) is 0 Å². The van der Waals surface area contributed by atoms with Crippen molar-refractivity contribution >= 4 is 5.71 Å². The largest absolute Gasteiger partial charge is 0.390 e. The first-order chi connectivity index (χ1) is 4.77. The van der Waals surface area contributed by atoms with Crippen molar-refractivity contribution in [2.45, 2.75) is 13.0 Å². The zero-order valence-electron chi connectivity index (χ0n) is 6.37. The van der Waals surface area contributed by atoms with E-state index in [1.54, 1.807) is 0 Å². The molecule has 0 aromatic heterocycles. The lowest BCUT2D eigenvalue weighted by molar-refractivity contribution is 0.0773. The normalized spacial score (nSPS) is 39.2. The molecular weight excluding hydrogens is 128 g/mol. The maximum absolute atomic E-state index is 5.21. The van der Waals surface area contributed by atoms with Crippen LogP contribution in [0.4, 0.5) is 0 Å². The molecule has 0 radical (unpaired) electrons. The lowest BCUT2D eigenvalue weighted by Crippen LogP contribution is -2.18. The molecule has 0 aromatic carbocycles. The molecule has 0 N–H and O–H groups in total. The smallest absolute Gasteiger partial charge is 0.149 e. The minimum atomic E-state index is 0.352. The van der Waals surface area contributed by atoms with Crippen LogP contribution >= 0.6 is 0 Å². The molecule has 1 fully saturated rings. The molecule has 0 aliphatic carbocycles. The first-order valence-corrected chi connectivity index (χ1v) is 3.66. The summed E-state index contributed by atoms with van der Waals surface area (Å²) >= 11 is 0. The Labute approximate surface area is 60.6 Å². The molecule has 3 nitrogen and oxygen atoms in total. The number of nitrogens with zero attached hydrogens (tertiary/aromatic N) is 2. The quantitative estimate of drug-likeness (QED) is 0.484. The van der Waals surface area contributed by atoms with Gasteiger partial charge in [-0.2, -0.15) is 0 Å². The van der Waals surface area contributed by atoms with E-state index in [4.69, 9.17) is 4.84 Å². The van der Waals surface area contributed by atoms with E-state index >= 15 is 0 Å². The van der Waals surface area contributed by atoms with Crippen molar-refractivity contribution in [2.75, 3.05) is 20.1 Å². The van der Waals surface area contributed by atoms with Crippen molar-refractivity contribution < 1.29 is 4.84 Å². The molecule has 0 unspecified atom stereocenters. The molecule has 2 atom stereocenters. The van der Waals surface area contributed by atoms with E-state index in [2.05, 4.69) is 17.1 Å². The molecule has 0 aromatic rings. The zero-order chi connectivity index (χ0) is 7.14. The number of rotatable bonds is 0. The number of hydrogen-bond donors (Lipinski definition) is 0. The second kappa shape index (κ2) is 1.95. The van der Waals surface area contributed by atoms with Crippen molar-refractivity contribution in [2.24, 2.45) is 11.1 Å². The molecule has 0 amide bonds. The molecule has 1 saturated heterocycles. The highest BCUT2D eigenvalue weighted by Crippen LogP contribution is 2.25. The van der Waals surface area contributed by atoms with Gasteiger partial charge in [0.05, 0.1) is 11.6 Å². The lowest BCUT2D eigenvalue weighted by atomic mass is 10.0. The van der Waals surface area contributed by atoms with Gasteiger partial charge < -0.3 is 9.74 Å². The maximum Gasteiger partial charge on any atom is 0.149 e. The van der Waals surface area contributed by atoms with E-state index in [0.717, 1.165) is 18.8 Å². The van der Waals surface area contributed by atoms with Crippen molar-refractivity contribution in [1.82, 2.24) is 4.90 Å². The Morgan fingerprint density at radius 1 is 1.60 bits per heavy atom. The Kier molecular flexibility index (Phi) is 1.20. The maximum atomic E-state index is 5.21. The van der Waals surface area contributed by atoms with Crippen LogP contribution in [0.1, 0.15) is 6.92 Å². The van der Waals surface area contributed by atoms with Gasteiger partial charge in [0.2, 0.25) is 0 Å². The summed E-state index contributed by atoms with van der Waals surface area (Å²) in [4.78, 5) is 7.49. The van der Waals surface area contributed by atoms with Crippen LogP contribution in [0.5, 0.6) is 0 Å². The van der Waals surface area contributed by atoms with E-state index < -0.39 is 0 Å². The van der Waals surface area contributed by atoms with Crippen LogP contribution in [0.15, 0.2) is 5.16 Å². The summed E-state index contributed by atoms with van der Waals surface area (Å²) in [5.74, 6) is 0.574. The molecule has 3 heteroatoms. The molecule has 2 aliphatic rings. The van der Waals surface area contributed by atoms with Crippen LogP contribution < -0.4 is 0 Å². The summed E-state index contributed by atoms with van der Waals surface area (Å²) in [5.41, 5.74) is 1.16. The summed E-state index contributed by atoms with van der Waals surface area (Å²) in [6.07, 6.45) is 0.352. The number of fused-ring (bicyclic) bond motifs is 1. The third kappa shape index (κ3) is 0.736. The predicted molar refractivity (Wildman–Crippen MR) is 39.0 cm³/mol. The standard InChI is InChI=1S/C7H12N2O/c1-5-6-3-9(2)4-7(6)10-8-5/h6-7H,3-4H2,1-2H3/t6-,7-/m0/s1.